The zero-order valence-electron chi connectivity index (χ0n) is 16.4. The summed E-state index contributed by atoms with van der Waals surface area (Å²) in [6, 6.07) is 21.1. The molecule has 0 saturated heterocycles. The van der Waals surface area contributed by atoms with Crippen molar-refractivity contribution in [1.29, 1.82) is 0 Å². The van der Waals surface area contributed by atoms with Gasteiger partial charge in [0.25, 0.3) is 5.91 Å². The molecule has 30 heavy (non-hydrogen) atoms. The maximum atomic E-state index is 13.1. The molecular formula is C23H21ClN2O3S. The second kappa shape index (κ2) is 8.22. The van der Waals surface area contributed by atoms with Crippen LogP contribution in [0.3, 0.4) is 0 Å². The third-order valence-corrected chi connectivity index (χ3v) is 6.81. The number of amides is 1. The van der Waals surface area contributed by atoms with Gasteiger partial charge in [-0.1, -0.05) is 48.0 Å². The number of carbonyl (C=O) groups excluding carboxylic acids is 1. The van der Waals surface area contributed by atoms with Crippen LogP contribution in [-0.4, -0.2) is 20.4 Å². The van der Waals surface area contributed by atoms with Crippen LogP contribution in [0.15, 0.2) is 77.7 Å². The Balaban J connectivity index is 1.57. The predicted molar refractivity (Wildman–Crippen MR) is 118 cm³/mol. The number of nitrogens with one attached hydrogen (secondary N) is 1. The summed E-state index contributed by atoms with van der Waals surface area (Å²) in [5.74, 6) is -0.0569. The lowest BCUT2D eigenvalue weighted by molar-refractivity contribution is 0.0981. The standard InChI is InChI=1S/C23H21ClN2O3S/c1-16-12-19-11-10-17(15-25-30(28,29)21-9-5-8-20(24)14-21)13-22(19)26(16)23(27)18-6-3-2-4-7-18/h2-11,13-14,16,25H,12,15H2,1H3. The highest BCUT2D eigenvalue weighted by atomic mass is 35.5. The molecule has 1 unspecified atom stereocenters. The molecule has 1 amide bonds. The Hall–Kier alpha value is -2.67. The summed E-state index contributed by atoms with van der Waals surface area (Å²) in [5, 5.41) is 0.361. The second-order valence-corrected chi connectivity index (χ2v) is 9.54. The Morgan fingerprint density at radius 3 is 2.57 bits per heavy atom. The fourth-order valence-corrected chi connectivity index (χ4v) is 5.01. The van der Waals surface area contributed by atoms with Crippen LogP contribution in [0.5, 0.6) is 0 Å². The van der Waals surface area contributed by atoms with Crippen molar-refractivity contribution in [1.82, 2.24) is 4.72 Å². The van der Waals surface area contributed by atoms with Gasteiger partial charge in [0.2, 0.25) is 10.0 Å². The van der Waals surface area contributed by atoms with Crippen LogP contribution in [0.1, 0.15) is 28.4 Å². The molecule has 0 saturated carbocycles. The van der Waals surface area contributed by atoms with E-state index in [1.165, 1.54) is 12.1 Å². The first-order valence-electron chi connectivity index (χ1n) is 9.61. The van der Waals surface area contributed by atoms with E-state index in [-0.39, 0.29) is 23.4 Å². The number of nitrogens with zero attached hydrogens (tertiary/aromatic N) is 1. The number of anilines is 1. The smallest absolute Gasteiger partial charge is 0.258 e. The molecule has 1 heterocycles. The Kier molecular flexibility index (Phi) is 5.64. The van der Waals surface area contributed by atoms with Crippen LogP contribution in [0.2, 0.25) is 5.02 Å². The lowest BCUT2D eigenvalue weighted by atomic mass is 10.1. The molecule has 3 aromatic carbocycles. The first-order valence-corrected chi connectivity index (χ1v) is 11.5. The number of rotatable bonds is 5. The van der Waals surface area contributed by atoms with Crippen molar-refractivity contribution in [2.75, 3.05) is 4.90 Å². The summed E-state index contributed by atoms with van der Waals surface area (Å²) in [5.41, 5.74) is 3.31. The number of hydrogen-bond acceptors (Lipinski definition) is 3. The van der Waals surface area contributed by atoms with E-state index in [2.05, 4.69) is 4.72 Å². The Morgan fingerprint density at radius 1 is 1.07 bits per heavy atom. The molecule has 7 heteroatoms. The minimum atomic E-state index is -3.69. The molecule has 0 fully saturated rings. The van der Waals surface area contributed by atoms with E-state index in [0.717, 1.165) is 23.2 Å². The normalized spacial score (nSPS) is 15.8. The lowest BCUT2D eigenvalue weighted by Gasteiger charge is -2.23. The molecule has 1 N–H and O–H groups in total. The van der Waals surface area contributed by atoms with Crippen LogP contribution in [0.25, 0.3) is 0 Å². The van der Waals surface area contributed by atoms with Crippen LogP contribution in [0, 0.1) is 0 Å². The van der Waals surface area contributed by atoms with Gasteiger partial charge in [-0.3, -0.25) is 4.79 Å². The zero-order chi connectivity index (χ0) is 21.3. The molecule has 0 aliphatic carbocycles. The topological polar surface area (TPSA) is 66.5 Å². The maximum absolute atomic E-state index is 13.1. The highest BCUT2D eigenvalue weighted by Gasteiger charge is 2.31. The van der Waals surface area contributed by atoms with Gasteiger partial charge in [0.05, 0.1) is 4.90 Å². The average Bonchev–Trinajstić information content (AvgIpc) is 3.07. The molecular weight excluding hydrogens is 420 g/mol. The van der Waals surface area contributed by atoms with Gasteiger partial charge in [-0.2, -0.15) is 0 Å². The van der Waals surface area contributed by atoms with Crippen molar-refractivity contribution >= 4 is 33.2 Å². The van der Waals surface area contributed by atoms with E-state index in [1.807, 2.05) is 43.3 Å². The molecule has 1 aliphatic heterocycles. The summed E-state index contributed by atoms with van der Waals surface area (Å²) in [6.07, 6.45) is 0.766. The molecule has 0 bridgehead atoms. The van der Waals surface area contributed by atoms with Gasteiger partial charge in [0.15, 0.2) is 0 Å². The predicted octanol–water partition coefficient (Wildman–Crippen LogP) is 4.41. The van der Waals surface area contributed by atoms with Crippen LogP contribution < -0.4 is 9.62 Å². The molecule has 0 spiro atoms. The van der Waals surface area contributed by atoms with Crippen molar-refractivity contribution in [2.24, 2.45) is 0 Å². The van der Waals surface area contributed by atoms with E-state index < -0.39 is 10.0 Å². The van der Waals surface area contributed by atoms with E-state index in [0.29, 0.717) is 10.6 Å². The van der Waals surface area contributed by atoms with E-state index in [9.17, 15) is 13.2 Å². The third kappa shape index (κ3) is 4.12. The van der Waals surface area contributed by atoms with Crippen molar-refractivity contribution in [3.8, 4) is 0 Å². The monoisotopic (exact) mass is 440 g/mol. The number of benzene rings is 3. The van der Waals surface area contributed by atoms with Crippen molar-refractivity contribution in [2.45, 2.75) is 30.8 Å². The van der Waals surface area contributed by atoms with Gasteiger partial charge in [-0.25, -0.2) is 13.1 Å². The second-order valence-electron chi connectivity index (χ2n) is 7.34. The zero-order valence-corrected chi connectivity index (χ0v) is 18.0. The van der Waals surface area contributed by atoms with Crippen LogP contribution in [-0.2, 0) is 23.0 Å². The molecule has 0 radical (unpaired) electrons. The van der Waals surface area contributed by atoms with Gasteiger partial charge in [0.1, 0.15) is 0 Å². The van der Waals surface area contributed by atoms with Crippen LogP contribution >= 0.6 is 11.6 Å². The van der Waals surface area contributed by atoms with E-state index in [1.54, 1.807) is 29.2 Å². The quantitative estimate of drug-likeness (QED) is 0.639. The van der Waals surface area contributed by atoms with E-state index >= 15 is 0 Å². The van der Waals surface area contributed by atoms with Gasteiger partial charge in [-0.05, 0) is 60.9 Å². The molecule has 1 aliphatic rings. The largest absolute Gasteiger partial charge is 0.305 e. The first-order chi connectivity index (χ1) is 14.3. The summed E-state index contributed by atoms with van der Waals surface area (Å²) in [6.45, 7) is 2.13. The lowest BCUT2D eigenvalue weighted by Crippen LogP contribution is -2.35. The Morgan fingerprint density at radius 2 is 1.83 bits per heavy atom. The SMILES string of the molecule is CC1Cc2ccc(CNS(=O)(=O)c3cccc(Cl)c3)cc2N1C(=O)c1ccccc1. The summed E-state index contributed by atoms with van der Waals surface area (Å²) >= 11 is 5.91. The minimum Gasteiger partial charge on any atom is -0.305 e. The molecule has 0 aromatic heterocycles. The summed E-state index contributed by atoms with van der Waals surface area (Å²) < 4.78 is 27.7. The molecule has 154 valence electrons. The highest BCUT2D eigenvalue weighted by Crippen LogP contribution is 2.34. The van der Waals surface area contributed by atoms with Gasteiger partial charge < -0.3 is 4.90 Å². The van der Waals surface area contributed by atoms with E-state index in [4.69, 9.17) is 11.6 Å². The third-order valence-electron chi connectivity index (χ3n) is 5.18. The van der Waals surface area contributed by atoms with Gasteiger partial charge in [-0.15, -0.1) is 0 Å². The molecule has 5 nitrogen and oxygen atoms in total. The number of hydrogen-bond donors (Lipinski definition) is 1. The first kappa shape index (κ1) is 20.6. The maximum Gasteiger partial charge on any atom is 0.258 e. The number of sulfonamides is 1. The fraction of sp³-hybridized carbons (Fsp3) is 0.174. The van der Waals surface area contributed by atoms with Crippen molar-refractivity contribution in [3.63, 3.8) is 0 Å². The molecule has 4 rings (SSSR count). The van der Waals surface area contributed by atoms with Gasteiger partial charge >= 0.3 is 0 Å². The molecule has 1 atom stereocenters. The van der Waals surface area contributed by atoms with Crippen LogP contribution in [0.4, 0.5) is 5.69 Å². The highest BCUT2D eigenvalue weighted by molar-refractivity contribution is 7.89. The fourth-order valence-electron chi connectivity index (χ4n) is 3.69. The van der Waals surface area contributed by atoms with Crippen molar-refractivity contribution < 1.29 is 13.2 Å². The van der Waals surface area contributed by atoms with Crippen molar-refractivity contribution in [3.05, 3.63) is 94.5 Å². The Bertz CT molecular complexity index is 1200. The number of fused-ring (bicyclic) bond motifs is 1. The minimum absolute atomic E-state index is 0.0334. The summed E-state index contributed by atoms with van der Waals surface area (Å²) in [7, 11) is -3.69. The molecule has 3 aromatic rings. The average molecular weight is 441 g/mol. The van der Waals surface area contributed by atoms with Gasteiger partial charge in [0, 0.05) is 28.9 Å². The Labute approximate surface area is 181 Å². The summed E-state index contributed by atoms with van der Waals surface area (Å²) in [4.78, 5) is 15.0. The number of carbonyl (C=O) groups is 1. The number of halogens is 1.